The highest BCUT2D eigenvalue weighted by Gasteiger charge is 2.08. The van der Waals surface area contributed by atoms with Crippen LogP contribution in [0.25, 0.3) is 11.4 Å². The third kappa shape index (κ3) is 3.40. The van der Waals surface area contributed by atoms with E-state index in [0.29, 0.717) is 12.4 Å². The monoisotopic (exact) mass is 258 g/mol. The van der Waals surface area contributed by atoms with Crippen LogP contribution in [-0.2, 0) is 6.42 Å². The van der Waals surface area contributed by atoms with Gasteiger partial charge in [-0.3, -0.25) is 0 Å². The second-order valence-corrected chi connectivity index (χ2v) is 4.20. The summed E-state index contributed by atoms with van der Waals surface area (Å²) in [5.74, 6) is 0.729. The van der Waals surface area contributed by atoms with Crippen LogP contribution in [0.15, 0.2) is 24.3 Å². The number of nitrogen functional groups attached to an aromatic ring is 1. The molecular weight excluding hydrogens is 240 g/mol. The van der Waals surface area contributed by atoms with Crippen molar-refractivity contribution in [3.63, 3.8) is 0 Å². The minimum absolute atomic E-state index is 0.179. The summed E-state index contributed by atoms with van der Waals surface area (Å²) in [6, 6.07) is 8.35. The highest BCUT2D eigenvalue weighted by atomic mass is 16.5. The molecule has 1 aromatic heterocycles. The summed E-state index contributed by atoms with van der Waals surface area (Å²) < 4.78 is 5.41. The lowest BCUT2D eigenvalue weighted by molar-refractivity contribution is 0.292. The molecule has 5 nitrogen and oxygen atoms in total. The summed E-state index contributed by atoms with van der Waals surface area (Å²) >= 11 is 0. The first-order chi connectivity index (χ1) is 9.22. The molecule has 0 aliphatic rings. The zero-order valence-corrected chi connectivity index (χ0v) is 11.3. The van der Waals surface area contributed by atoms with Crippen molar-refractivity contribution in [1.29, 1.82) is 0 Å². The van der Waals surface area contributed by atoms with Gasteiger partial charge in [-0.15, -0.1) is 0 Å². The highest BCUT2D eigenvalue weighted by Crippen LogP contribution is 2.19. The first kappa shape index (κ1) is 13.3. The van der Waals surface area contributed by atoms with Crippen LogP contribution in [0, 0.1) is 0 Å². The number of hydrogen-bond donors (Lipinski definition) is 1. The molecule has 1 heterocycles. The molecule has 2 N–H and O–H groups in total. The third-order valence-electron chi connectivity index (χ3n) is 2.66. The van der Waals surface area contributed by atoms with E-state index in [-0.39, 0.29) is 12.0 Å². The lowest BCUT2D eigenvalue weighted by atomic mass is 10.1. The number of aromatic nitrogens is 3. The molecule has 19 heavy (non-hydrogen) atoms. The number of ether oxygens (including phenoxy) is 1. The quantitative estimate of drug-likeness (QED) is 0.891. The molecule has 0 spiro atoms. The molecule has 2 rings (SSSR count). The first-order valence-electron chi connectivity index (χ1n) is 6.46. The molecule has 0 saturated heterocycles. The van der Waals surface area contributed by atoms with E-state index >= 15 is 0 Å². The van der Waals surface area contributed by atoms with E-state index in [1.807, 2.05) is 19.1 Å². The maximum Gasteiger partial charge on any atom is 0.321 e. The van der Waals surface area contributed by atoms with Gasteiger partial charge in [-0.1, -0.05) is 32.0 Å². The van der Waals surface area contributed by atoms with E-state index in [9.17, 15) is 0 Å². The van der Waals surface area contributed by atoms with Crippen LogP contribution in [-0.4, -0.2) is 21.6 Å². The smallest absolute Gasteiger partial charge is 0.321 e. The van der Waals surface area contributed by atoms with Gasteiger partial charge in [-0.2, -0.15) is 15.0 Å². The van der Waals surface area contributed by atoms with Gasteiger partial charge in [0, 0.05) is 5.56 Å². The van der Waals surface area contributed by atoms with E-state index in [0.717, 1.165) is 18.4 Å². The first-order valence-corrected chi connectivity index (χ1v) is 6.46. The minimum atomic E-state index is 0.179. The molecule has 2 aromatic rings. The zero-order valence-electron chi connectivity index (χ0n) is 11.3. The predicted molar refractivity (Wildman–Crippen MR) is 74.8 cm³/mol. The van der Waals surface area contributed by atoms with Gasteiger partial charge in [0.25, 0.3) is 0 Å². The van der Waals surface area contributed by atoms with Gasteiger partial charge in [0.15, 0.2) is 5.82 Å². The Balaban J connectivity index is 2.34. The Bertz CT molecular complexity index is 557. The molecule has 0 atom stereocenters. The van der Waals surface area contributed by atoms with E-state index in [1.165, 1.54) is 5.56 Å². The van der Waals surface area contributed by atoms with E-state index in [1.54, 1.807) is 0 Å². The molecule has 0 aliphatic heterocycles. The normalized spacial score (nSPS) is 10.4. The fourth-order valence-corrected chi connectivity index (χ4v) is 1.69. The van der Waals surface area contributed by atoms with Gasteiger partial charge in [0.05, 0.1) is 6.61 Å². The molecular formula is C14H18N4O. The zero-order chi connectivity index (χ0) is 13.7. The summed E-state index contributed by atoms with van der Waals surface area (Å²) in [5.41, 5.74) is 7.85. The molecule has 0 aliphatic carbocycles. The van der Waals surface area contributed by atoms with Crippen molar-refractivity contribution in [3.8, 4) is 17.4 Å². The fraction of sp³-hybridized carbons (Fsp3) is 0.357. The maximum absolute atomic E-state index is 5.70. The van der Waals surface area contributed by atoms with E-state index in [4.69, 9.17) is 10.5 Å². The molecule has 5 heteroatoms. The molecule has 100 valence electrons. The number of nitrogens with two attached hydrogens (primary N) is 1. The van der Waals surface area contributed by atoms with Crippen molar-refractivity contribution in [3.05, 3.63) is 29.8 Å². The second kappa shape index (κ2) is 6.13. The average molecular weight is 258 g/mol. The Morgan fingerprint density at radius 2 is 2.00 bits per heavy atom. The minimum Gasteiger partial charge on any atom is -0.463 e. The number of benzene rings is 1. The maximum atomic E-state index is 5.70. The van der Waals surface area contributed by atoms with Crippen molar-refractivity contribution >= 4 is 5.95 Å². The number of rotatable bonds is 5. The Labute approximate surface area is 112 Å². The van der Waals surface area contributed by atoms with Crippen LogP contribution in [0.3, 0.4) is 0 Å². The van der Waals surface area contributed by atoms with Crippen LogP contribution in [0.4, 0.5) is 5.95 Å². The van der Waals surface area contributed by atoms with Crippen LogP contribution in [0.1, 0.15) is 25.8 Å². The summed E-state index contributed by atoms with van der Waals surface area (Å²) in [5, 5.41) is 0. The molecule has 0 unspecified atom stereocenters. The number of aryl methyl sites for hydroxylation is 1. The van der Waals surface area contributed by atoms with Crippen LogP contribution in [0.5, 0.6) is 6.01 Å². The van der Waals surface area contributed by atoms with Crippen molar-refractivity contribution < 1.29 is 4.74 Å². The molecule has 0 radical (unpaired) electrons. The summed E-state index contributed by atoms with van der Waals surface area (Å²) in [6.45, 7) is 4.70. The van der Waals surface area contributed by atoms with Gasteiger partial charge < -0.3 is 10.5 Å². The molecule has 0 amide bonds. The topological polar surface area (TPSA) is 73.9 Å². The summed E-state index contributed by atoms with van der Waals surface area (Å²) in [7, 11) is 0. The third-order valence-corrected chi connectivity index (χ3v) is 2.66. The number of anilines is 1. The van der Waals surface area contributed by atoms with Gasteiger partial charge in [-0.05, 0) is 24.5 Å². The summed E-state index contributed by atoms with van der Waals surface area (Å²) in [6.07, 6.45) is 1.86. The Morgan fingerprint density at radius 3 is 2.74 bits per heavy atom. The predicted octanol–water partition coefficient (Wildman–Crippen LogP) is 2.47. The van der Waals surface area contributed by atoms with E-state index in [2.05, 4.69) is 34.0 Å². The lowest BCUT2D eigenvalue weighted by Gasteiger charge is -2.06. The molecule has 0 bridgehead atoms. The highest BCUT2D eigenvalue weighted by molar-refractivity contribution is 5.57. The lowest BCUT2D eigenvalue weighted by Crippen LogP contribution is -2.05. The van der Waals surface area contributed by atoms with E-state index < -0.39 is 0 Å². The largest absolute Gasteiger partial charge is 0.463 e. The van der Waals surface area contributed by atoms with Crippen LogP contribution >= 0.6 is 0 Å². The van der Waals surface area contributed by atoms with Crippen LogP contribution < -0.4 is 10.5 Å². The van der Waals surface area contributed by atoms with Gasteiger partial charge in [0.1, 0.15) is 0 Å². The van der Waals surface area contributed by atoms with Gasteiger partial charge >= 0.3 is 6.01 Å². The standard InChI is InChI=1S/C14H18N4O/c1-3-8-19-14-17-12(16-13(15)18-14)11-7-5-6-10(4-2)9-11/h5-7,9H,3-4,8H2,1-2H3,(H2,15,16,17,18). The molecule has 1 aromatic carbocycles. The average Bonchev–Trinajstić information content (AvgIpc) is 2.44. The second-order valence-electron chi connectivity index (χ2n) is 4.20. The molecule has 0 saturated carbocycles. The Morgan fingerprint density at radius 1 is 1.16 bits per heavy atom. The SMILES string of the molecule is CCCOc1nc(N)nc(-c2cccc(CC)c2)n1. The van der Waals surface area contributed by atoms with Crippen LogP contribution in [0.2, 0.25) is 0 Å². The van der Waals surface area contributed by atoms with Crippen molar-refractivity contribution in [2.45, 2.75) is 26.7 Å². The summed E-state index contributed by atoms with van der Waals surface area (Å²) in [4.78, 5) is 12.4. The van der Waals surface area contributed by atoms with Crippen molar-refractivity contribution in [1.82, 2.24) is 15.0 Å². The fourth-order valence-electron chi connectivity index (χ4n) is 1.69. The Hall–Kier alpha value is -2.17. The van der Waals surface area contributed by atoms with Crippen molar-refractivity contribution in [2.75, 3.05) is 12.3 Å². The van der Waals surface area contributed by atoms with Gasteiger partial charge in [0.2, 0.25) is 5.95 Å². The Kier molecular flexibility index (Phi) is 4.28. The number of nitrogens with zero attached hydrogens (tertiary/aromatic N) is 3. The van der Waals surface area contributed by atoms with Crippen molar-refractivity contribution in [2.24, 2.45) is 0 Å². The van der Waals surface area contributed by atoms with Gasteiger partial charge in [-0.25, -0.2) is 0 Å². The molecule has 0 fully saturated rings. The number of hydrogen-bond acceptors (Lipinski definition) is 5.